The van der Waals surface area contributed by atoms with E-state index in [9.17, 15) is 9.59 Å². The lowest BCUT2D eigenvalue weighted by molar-refractivity contribution is -0.131. The third-order valence-corrected chi connectivity index (χ3v) is 6.28. The molecule has 166 valence electrons. The van der Waals surface area contributed by atoms with E-state index in [-0.39, 0.29) is 24.1 Å². The predicted molar refractivity (Wildman–Crippen MR) is 133 cm³/mol. The molecule has 0 aliphatic heterocycles. The predicted octanol–water partition coefficient (Wildman–Crippen LogP) is 5.14. The van der Waals surface area contributed by atoms with Gasteiger partial charge in [-0.05, 0) is 12.1 Å². The van der Waals surface area contributed by atoms with Gasteiger partial charge in [-0.15, -0.1) is 10.2 Å². The Bertz CT molecular complexity index is 1300. The van der Waals surface area contributed by atoms with Crippen molar-refractivity contribution in [2.24, 2.45) is 0 Å². The van der Waals surface area contributed by atoms with Crippen LogP contribution in [0.1, 0.15) is 0 Å². The number of anilines is 1. The highest BCUT2D eigenvalue weighted by Crippen LogP contribution is 2.31. The van der Waals surface area contributed by atoms with Crippen LogP contribution in [0.2, 0.25) is 5.02 Å². The minimum absolute atomic E-state index is 0.0794. The molecule has 2 amide bonds. The molecule has 1 N–H and O–H groups in total. The molecule has 0 spiro atoms. The molecule has 0 fully saturated rings. The van der Waals surface area contributed by atoms with Crippen LogP contribution in [0.4, 0.5) is 5.69 Å². The summed E-state index contributed by atoms with van der Waals surface area (Å²) in [5, 5.41) is 14.6. The molecule has 0 saturated carbocycles. The van der Waals surface area contributed by atoms with Gasteiger partial charge in [0.15, 0.2) is 0 Å². The van der Waals surface area contributed by atoms with E-state index in [1.54, 1.807) is 31.3 Å². The Morgan fingerprint density at radius 2 is 1.58 bits per heavy atom. The van der Waals surface area contributed by atoms with Crippen molar-refractivity contribution < 1.29 is 9.59 Å². The van der Waals surface area contributed by atoms with Gasteiger partial charge in [-0.2, -0.15) is 0 Å². The van der Waals surface area contributed by atoms with E-state index in [0.717, 1.165) is 22.0 Å². The normalized spacial score (nSPS) is 10.7. The minimum Gasteiger partial charge on any atom is -0.336 e. The van der Waals surface area contributed by atoms with E-state index >= 15 is 0 Å². The van der Waals surface area contributed by atoms with E-state index < -0.39 is 0 Å². The number of benzene rings is 3. The smallest absolute Gasteiger partial charge is 0.244 e. The molecule has 6 nitrogen and oxygen atoms in total. The average Bonchev–Trinajstić information content (AvgIpc) is 2.84. The number of nitrogens with one attached hydrogen (secondary N) is 1. The lowest BCUT2D eigenvalue weighted by Crippen LogP contribution is -2.36. The number of carbonyl (C=O) groups excluding carboxylic acids is 2. The fourth-order valence-corrected chi connectivity index (χ4v) is 4.39. The highest BCUT2D eigenvalue weighted by Gasteiger charge is 2.17. The van der Waals surface area contributed by atoms with Gasteiger partial charge in [0, 0.05) is 23.4 Å². The fourth-order valence-electron chi connectivity index (χ4n) is 3.29. The standard InChI is InChI=1S/C25H21ClN4O2S/c1-30(15-22(31)27-21-14-8-7-13-20(21)26)23(32)16-33-25-19-12-6-5-11-18(19)24(28-29-25)17-9-3-2-4-10-17/h2-14H,15-16H2,1H3,(H,27,31). The number of para-hydroxylation sites is 1. The van der Waals surface area contributed by atoms with Crippen LogP contribution in [0.15, 0.2) is 83.9 Å². The number of aromatic nitrogens is 2. The minimum atomic E-state index is -0.318. The Labute approximate surface area is 201 Å². The van der Waals surface area contributed by atoms with Gasteiger partial charge in [0.25, 0.3) is 0 Å². The summed E-state index contributed by atoms with van der Waals surface area (Å²) in [4.78, 5) is 26.3. The van der Waals surface area contributed by atoms with E-state index in [4.69, 9.17) is 11.6 Å². The highest BCUT2D eigenvalue weighted by molar-refractivity contribution is 8.00. The number of halogens is 1. The first-order valence-corrected chi connectivity index (χ1v) is 11.6. The van der Waals surface area contributed by atoms with Crippen molar-refractivity contribution in [2.75, 3.05) is 24.7 Å². The molecular formula is C25H21ClN4O2S. The zero-order chi connectivity index (χ0) is 23.2. The molecule has 0 aliphatic rings. The van der Waals surface area contributed by atoms with Crippen molar-refractivity contribution in [1.82, 2.24) is 15.1 Å². The molecule has 0 radical (unpaired) electrons. The maximum absolute atomic E-state index is 12.6. The quantitative estimate of drug-likeness (QED) is 0.374. The van der Waals surface area contributed by atoms with E-state index in [1.165, 1.54) is 16.7 Å². The summed E-state index contributed by atoms with van der Waals surface area (Å²) < 4.78 is 0. The van der Waals surface area contributed by atoms with Gasteiger partial charge in [-0.1, -0.05) is 90.1 Å². The lowest BCUT2D eigenvalue weighted by Gasteiger charge is -2.17. The van der Waals surface area contributed by atoms with Crippen molar-refractivity contribution in [2.45, 2.75) is 5.03 Å². The van der Waals surface area contributed by atoms with E-state index in [0.29, 0.717) is 15.7 Å². The molecule has 0 bridgehead atoms. The van der Waals surface area contributed by atoms with Gasteiger partial charge in [0.2, 0.25) is 11.8 Å². The number of rotatable bonds is 7. The summed E-state index contributed by atoms with van der Waals surface area (Å²) in [6, 6.07) is 24.7. The van der Waals surface area contributed by atoms with Gasteiger partial charge in [0.1, 0.15) is 10.7 Å². The molecule has 0 atom stereocenters. The number of thioether (sulfide) groups is 1. The fraction of sp³-hybridized carbons (Fsp3) is 0.120. The number of amides is 2. The van der Waals surface area contributed by atoms with Gasteiger partial charge in [-0.3, -0.25) is 9.59 Å². The van der Waals surface area contributed by atoms with Crippen LogP contribution >= 0.6 is 23.4 Å². The molecule has 3 aromatic carbocycles. The third-order valence-electron chi connectivity index (χ3n) is 4.99. The molecule has 4 aromatic rings. The van der Waals surface area contributed by atoms with Gasteiger partial charge >= 0.3 is 0 Å². The molecule has 8 heteroatoms. The second-order valence-electron chi connectivity index (χ2n) is 7.33. The second-order valence-corrected chi connectivity index (χ2v) is 8.70. The Balaban J connectivity index is 1.42. The zero-order valence-corrected chi connectivity index (χ0v) is 19.4. The van der Waals surface area contributed by atoms with Crippen LogP contribution in [0.3, 0.4) is 0 Å². The summed E-state index contributed by atoms with van der Waals surface area (Å²) in [5.74, 6) is -0.368. The van der Waals surface area contributed by atoms with Crippen LogP contribution in [-0.2, 0) is 9.59 Å². The largest absolute Gasteiger partial charge is 0.336 e. The van der Waals surface area contributed by atoms with Crippen molar-refractivity contribution in [3.63, 3.8) is 0 Å². The van der Waals surface area contributed by atoms with Crippen LogP contribution in [0, 0.1) is 0 Å². The molecule has 1 heterocycles. The number of hydrogen-bond donors (Lipinski definition) is 1. The van der Waals surface area contributed by atoms with Gasteiger partial charge in [-0.25, -0.2) is 0 Å². The van der Waals surface area contributed by atoms with Crippen molar-refractivity contribution in [1.29, 1.82) is 0 Å². The van der Waals surface area contributed by atoms with E-state index in [1.807, 2.05) is 54.6 Å². The summed E-state index contributed by atoms with van der Waals surface area (Å²) in [6.07, 6.45) is 0. The number of likely N-dealkylation sites (N-methyl/N-ethyl adjacent to an activating group) is 1. The summed E-state index contributed by atoms with van der Waals surface area (Å²) >= 11 is 7.38. The molecule has 0 aliphatic carbocycles. The van der Waals surface area contributed by atoms with Crippen molar-refractivity contribution in [3.05, 3.63) is 83.9 Å². The molecule has 4 rings (SSSR count). The summed E-state index contributed by atoms with van der Waals surface area (Å²) in [5.41, 5.74) is 2.30. The second kappa shape index (κ2) is 10.5. The zero-order valence-electron chi connectivity index (χ0n) is 17.9. The van der Waals surface area contributed by atoms with Crippen molar-refractivity contribution in [3.8, 4) is 11.3 Å². The first-order chi connectivity index (χ1) is 16.0. The maximum Gasteiger partial charge on any atom is 0.244 e. The Morgan fingerprint density at radius 1 is 0.909 bits per heavy atom. The Kier molecular flexibility index (Phi) is 7.22. The summed E-state index contributed by atoms with van der Waals surface area (Å²) in [6.45, 7) is -0.0794. The van der Waals surface area contributed by atoms with Crippen LogP contribution in [-0.4, -0.2) is 46.3 Å². The Hall–Kier alpha value is -3.42. The highest BCUT2D eigenvalue weighted by atomic mass is 35.5. The third kappa shape index (κ3) is 5.50. The van der Waals surface area contributed by atoms with E-state index in [2.05, 4.69) is 15.5 Å². The topological polar surface area (TPSA) is 75.2 Å². The number of nitrogens with zero attached hydrogens (tertiary/aromatic N) is 3. The number of hydrogen-bond acceptors (Lipinski definition) is 5. The van der Waals surface area contributed by atoms with Crippen LogP contribution < -0.4 is 5.32 Å². The molecule has 0 unspecified atom stereocenters. The number of carbonyl (C=O) groups is 2. The van der Waals surface area contributed by atoms with Crippen LogP contribution in [0.5, 0.6) is 0 Å². The Morgan fingerprint density at radius 3 is 2.33 bits per heavy atom. The average molecular weight is 477 g/mol. The summed E-state index contributed by atoms with van der Waals surface area (Å²) in [7, 11) is 1.59. The molecule has 0 saturated heterocycles. The first-order valence-electron chi connectivity index (χ1n) is 10.2. The van der Waals surface area contributed by atoms with Crippen molar-refractivity contribution >= 4 is 51.6 Å². The molecule has 33 heavy (non-hydrogen) atoms. The molecule has 1 aromatic heterocycles. The SMILES string of the molecule is CN(CC(=O)Nc1ccccc1Cl)C(=O)CSc1nnc(-c2ccccc2)c2ccccc12. The monoisotopic (exact) mass is 476 g/mol. The van der Waals surface area contributed by atoms with Crippen LogP contribution in [0.25, 0.3) is 22.0 Å². The van der Waals surface area contributed by atoms with Gasteiger partial charge < -0.3 is 10.2 Å². The maximum atomic E-state index is 12.6. The number of fused-ring (bicyclic) bond motifs is 1. The first kappa shape index (κ1) is 22.8. The lowest BCUT2D eigenvalue weighted by atomic mass is 10.1. The molecular weight excluding hydrogens is 456 g/mol. The van der Waals surface area contributed by atoms with Gasteiger partial charge in [0.05, 0.1) is 23.0 Å².